The van der Waals surface area contributed by atoms with Crippen LogP contribution in [-0.2, 0) is 16.8 Å². The Morgan fingerprint density at radius 2 is 1.86 bits per heavy atom. The van der Waals surface area contributed by atoms with Crippen molar-refractivity contribution in [1.29, 1.82) is 0 Å². The fourth-order valence-electron chi connectivity index (χ4n) is 5.49. The number of rotatable bonds is 5. The zero-order valence-corrected chi connectivity index (χ0v) is 21.9. The molecular formula is C28H26N4O4S. The number of carbonyl (C=O) groups is 2. The largest absolute Gasteiger partial charge is 0.450 e. The number of aromatic nitrogens is 2. The molecule has 0 N–H and O–H groups in total. The highest BCUT2D eigenvalue weighted by Gasteiger charge is 2.66. The maximum absolute atomic E-state index is 14.5. The van der Waals surface area contributed by atoms with Gasteiger partial charge in [-0.3, -0.25) is 19.3 Å². The van der Waals surface area contributed by atoms with E-state index in [2.05, 4.69) is 24.0 Å². The van der Waals surface area contributed by atoms with Gasteiger partial charge in [-0.2, -0.15) is 0 Å². The number of fused-ring (bicyclic) bond motifs is 5. The lowest BCUT2D eigenvalue weighted by Gasteiger charge is -2.32. The second kappa shape index (κ2) is 8.34. The van der Waals surface area contributed by atoms with E-state index in [9.17, 15) is 14.4 Å². The lowest BCUT2D eigenvalue weighted by atomic mass is 9.84. The van der Waals surface area contributed by atoms with Crippen molar-refractivity contribution in [2.45, 2.75) is 46.1 Å². The molecule has 0 saturated heterocycles. The van der Waals surface area contributed by atoms with Gasteiger partial charge in [-0.1, -0.05) is 61.9 Å². The van der Waals surface area contributed by atoms with Crippen molar-refractivity contribution in [3.8, 4) is 0 Å². The van der Waals surface area contributed by atoms with Gasteiger partial charge in [0.15, 0.2) is 11.0 Å². The van der Waals surface area contributed by atoms with Gasteiger partial charge in [0.05, 0.1) is 16.6 Å². The number of benzene rings is 2. The first-order valence-electron chi connectivity index (χ1n) is 12.4. The summed E-state index contributed by atoms with van der Waals surface area (Å²) in [5.74, 6) is -0.707. The lowest BCUT2D eigenvalue weighted by Crippen LogP contribution is -2.53. The third-order valence-corrected chi connectivity index (χ3v) is 7.89. The van der Waals surface area contributed by atoms with Crippen LogP contribution in [0, 0.1) is 12.8 Å². The van der Waals surface area contributed by atoms with Gasteiger partial charge in [0, 0.05) is 18.5 Å². The van der Waals surface area contributed by atoms with Crippen molar-refractivity contribution in [1.82, 2.24) is 10.2 Å². The quantitative estimate of drug-likeness (QED) is 0.379. The number of anilines is 2. The van der Waals surface area contributed by atoms with Crippen molar-refractivity contribution in [2.75, 3.05) is 16.3 Å². The van der Waals surface area contributed by atoms with Crippen LogP contribution in [0.25, 0.3) is 11.0 Å². The highest BCUT2D eigenvalue weighted by molar-refractivity contribution is 7.15. The van der Waals surface area contributed by atoms with E-state index in [0.29, 0.717) is 47.5 Å². The molecule has 0 aliphatic carbocycles. The molecule has 37 heavy (non-hydrogen) atoms. The summed E-state index contributed by atoms with van der Waals surface area (Å²) in [5, 5.41) is 10.0. The molecule has 0 bridgehead atoms. The zero-order valence-electron chi connectivity index (χ0n) is 21.1. The number of carbonyl (C=O) groups excluding carboxylic acids is 2. The van der Waals surface area contributed by atoms with Crippen LogP contribution in [0.15, 0.2) is 51.7 Å². The maximum atomic E-state index is 14.5. The van der Waals surface area contributed by atoms with Crippen molar-refractivity contribution >= 4 is 44.9 Å². The predicted molar refractivity (Wildman–Crippen MR) is 142 cm³/mol. The molecule has 8 nitrogen and oxygen atoms in total. The summed E-state index contributed by atoms with van der Waals surface area (Å²) in [5.41, 5.74) is 0.378. The third-order valence-electron chi connectivity index (χ3n) is 6.96. The van der Waals surface area contributed by atoms with Gasteiger partial charge >= 0.3 is 0 Å². The van der Waals surface area contributed by atoms with Crippen LogP contribution in [-0.4, -0.2) is 28.6 Å². The number of amides is 2. The standard InChI is InChI=1S/C28H26N4O4S/c1-5-12-31-19-9-7-6-8-18(19)28(26(31)35)22-23(33)17-14-16(4)10-11-20(17)36-24(22)25(34)32(28)27-30-29-21(37-27)13-15(2)3/h6-11,14-15H,5,12-13H2,1-4H3. The molecule has 2 aliphatic rings. The average molecular weight is 515 g/mol. The molecule has 0 radical (unpaired) electrons. The van der Waals surface area contributed by atoms with Crippen molar-refractivity contribution in [2.24, 2.45) is 5.92 Å². The molecule has 2 amide bonds. The Morgan fingerprint density at radius 3 is 2.62 bits per heavy atom. The van der Waals surface area contributed by atoms with Crippen molar-refractivity contribution in [3.05, 3.63) is 80.1 Å². The Kier molecular flexibility index (Phi) is 5.31. The van der Waals surface area contributed by atoms with Crippen LogP contribution in [0.4, 0.5) is 10.8 Å². The Labute approximate surface area is 217 Å². The molecule has 4 aromatic rings. The van der Waals surface area contributed by atoms with Gasteiger partial charge in [-0.05, 0) is 37.5 Å². The minimum atomic E-state index is -1.72. The molecule has 1 atom stereocenters. The lowest BCUT2D eigenvalue weighted by molar-refractivity contribution is -0.121. The van der Waals surface area contributed by atoms with E-state index in [1.165, 1.54) is 16.2 Å². The van der Waals surface area contributed by atoms with E-state index < -0.39 is 11.4 Å². The molecule has 2 aromatic heterocycles. The van der Waals surface area contributed by atoms with Crippen LogP contribution < -0.4 is 15.2 Å². The second-order valence-corrected chi connectivity index (χ2v) is 11.1. The summed E-state index contributed by atoms with van der Waals surface area (Å²) in [6, 6.07) is 12.6. The van der Waals surface area contributed by atoms with Crippen molar-refractivity contribution < 1.29 is 14.0 Å². The van der Waals surface area contributed by atoms with Gasteiger partial charge in [0.1, 0.15) is 10.6 Å². The van der Waals surface area contributed by atoms with Crippen LogP contribution in [0.3, 0.4) is 0 Å². The number of hydrogen-bond donors (Lipinski definition) is 0. The fraction of sp³-hybridized carbons (Fsp3) is 0.321. The Bertz CT molecular complexity index is 1660. The molecule has 0 saturated carbocycles. The maximum Gasteiger partial charge on any atom is 0.297 e. The summed E-state index contributed by atoms with van der Waals surface area (Å²) >= 11 is 1.27. The fourth-order valence-corrected chi connectivity index (χ4v) is 6.59. The zero-order chi connectivity index (χ0) is 26.1. The monoisotopic (exact) mass is 514 g/mol. The van der Waals surface area contributed by atoms with E-state index in [4.69, 9.17) is 4.42 Å². The highest BCUT2D eigenvalue weighted by atomic mass is 32.1. The summed E-state index contributed by atoms with van der Waals surface area (Å²) in [6.45, 7) is 8.47. The normalized spacial score (nSPS) is 18.5. The minimum absolute atomic E-state index is 0.0484. The second-order valence-electron chi connectivity index (χ2n) is 10.0. The molecule has 2 aromatic carbocycles. The Hall–Kier alpha value is -3.85. The van der Waals surface area contributed by atoms with E-state index in [1.807, 2.05) is 44.2 Å². The summed E-state index contributed by atoms with van der Waals surface area (Å²) < 4.78 is 6.12. The Balaban J connectivity index is 1.71. The molecule has 1 unspecified atom stereocenters. The molecule has 0 fully saturated rings. The average Bonchev–Trinajstić information content (AvgIpc) is 3.49. The van der Waals surface area contributed by atoms with Crippen LogP contribution in [0.1, 0.15) is 59.4 Å². The minimum Gasteiger partial charge on any atom is -0.450 e. The van der Waals surface area contributed by atoms with Gasteiger partial charge in [-0.25, -0.2) is 0 Å². The first kappa shape index (κ1) is 23.5. The van der Waals surface area contributed by atoms with E-state index >= 15 is 0 Å². The molecule has 6 rings (SSSR count). The van der Waals surface area contributed by atoms with Gasteiger partial charge in [0.2, 0.25) is 10.9 Å². The van der Waals surface area contributed by atoms with Gasteiger partial charge in [-0.15, -0.1) is 10.2 Å². The molecule has 9 heteroatoms. The van der Waals surface area contributed by atoms with Crippen LogP contribution in [0.5, 0.6) is 0 Å². The number of hydrogen-bond acceptors (Lipinski definition) is 7. The van der Waals surface area contributed by atoms with E-state index in [1.54, 1.807) is 17.0 Å². The number of para-hydroxylation sites is 1. The highest BCUT2D eigenvalue weighted by Crippen LogP contribution is 2.54. The predicted octanol–water partition coefficient (Wildman–Crippen LogP) is 4.81. The molecule has 2 aliphatic heterocycles. The molecule has 188 valence electrons. The van der Waals surface area contributed by atoms with Crippen LogP contribution in [0.2, 0.25) is 0 Å². The summed E-state index contributed by atoms with van der Waals surface area (Å²) in [6.07, 6.45) is 1.40. The topological polar surface area (TPSA) is 96.6 Å². The van der Waals surface area contributed by atoms with Crippen LogP contribution >= 0.6 is 11.3 Å². The number of aryl methyl sites for hydroxylation is 1. The first-order chi connectivity index (χ1) is 17.8. The molecule has 1 spiro atoms. The molecular weight excluding hydrogens is 488 g/mol. The molecule has 4 heterocycles. The van der Waals surface area contributed by atoms with E-state index in [-0.39, 0.29) is 27.8 Å². The smallest absolute Gasteiger partial charge is 0.297 e. The van der Waals surface area contributed by atoms with E-state index in [0.717, 1.165) is 10.6 Å². The summed E-state index contributed by atoms with van der Waals surface area (Å²) in [7, 11) is 0. The third kappa shape index (κ3) is 3.16. The Morgan fingerprint density at radius 1 is 1.08 bits per heavy atom. The first-order valence-corrected chi connectivity index (χ1v) is 13.3. The SMILES string of the molecule is CCCN1C(=O)C2(c3ccccc31)c1c(oc3ccc(C)cc3c1=O)C(=O)N2c1nnc(CC(C)C)s1. The van der Waals surface area contributed by atoms with Gasteiger partial charge in [0.25, 0.3) is 11.8 Å². The summed E-state index contributed by atoms with van der Waals surface area (Å²) in [4.78, 5) is 45.9. The number of nitrogens with zero attached hydrogens (tertiary/aromatic N) is 4. The van der Waals surface area contributed by atoms with Crippen molar-refractivity contribution in [3.63, 3.8) is 0 Å². The van der Waals surface area contributed by atoms with Gasteiger partial charge < -0.3 is 9.32 Å².